The van der Waals surface area contributed by atoms with Crippen molar-refractivity contribution < 1.29 is 9.53 Å². The standard InChI is InChI=1S/C13H17BrN2O2/c1-13(2)7-10(5-6-18-13)16-12(17)11-4-3-9(14)8-15-11/h3-4,8,10H,5-7H2,1-2H3,(H,16,17). The second kappa shape index (κ2) is 5.36. The van der Waals surface area contributed by atoms with Gasteiger partial charge in [-0.1, -0.05) is 0 Å². The third-order valence-corrected chi connectivity index (χ3v) is 3.46. The fourth-order valence-electron chi connectivity index (χ4n) is 2.12. The first-order chi connectivity index (χ1) is 8.46. The molecule has 1 saturated heterocycles. The Bertz CT molecular complexity index is 431. The predicted octanol–water partition coefficient (Wildman–Crippen LogP) is 2.53. The van der Waals surface area contributed by atoms with Gasteiger partial charge in [0, 0.05) is 23.3 Å². The fourth-order valence-corrected chi connectivity index (χ4v) is 2.36. The second-order valence-corrected chi connectivity index (χ2v) is 6.05. The van der Waals surface area contributed by atoms with Crippen molar-refractivity contribution in [3.8, 4) is 0 Å². The molecule has 1 unspecified atom stereocenters. The Hall–Kier alpha value is -0.940. The van der Waals surface area contributed by atoms with Crippen molar-refractivity contribution in [2.45, 2.75) is 38.3 Å². The van der Waals surface area contributed by atoms with Gasteiger partial charge < -0.3 is 10.1 Å². The van der Waals surface area contributed by atoms with E-state index in [0.29, 0.717) is 12.3 Å². The van der Waals surface area contributed by atoms with Crippen LogP contribution in [0.3, 0.4) is 0 Å². The Morgan fingerprint density at radius 3 is 2.94 bits per heavy atom. The van der Waals surface area contributed by atoms with Crippen molar-refractivity contribution >= 4 is 21.8 Å². The van der Waals surface area contributed by atoms with Gasteiger partial charge in [0.05, 0.1) is 5.60 Å². The molecule has 0 aliphatic carbocycles. The molecule has 1 aromatic heterocycles. The molecule has 0 bridgehead atoms. The molecule has 0 spiro atoms. The van der Waals surface area contributed by atoms with Crippen LogP contribution in [0.5, 0.6) is 0 Å². The van der Waals surface area contributed by atoms with Gasteiger partial charge >= 0.3 is 0 Å². The highest BCUT2D eigenvalue weighted by Gasteiger charge is 2.29. The van der Waals surface area contributed by atoms with Gasteiger partial charge in [0.15, 0.2) is 0 Å². The van der Waals surface area contributed by atoms with Crippen molar-refractivity contribution in [2.24, 2.45) is 0 Å². The van der Waals surface area contributed by atoms with E-state index in [1.165, 1.54) is 0 Å². The summed E-state index contributed by atoms with van der Waals surface area (Å²) in [7, 11) is 0. The summed E-state index contributed by atoms with van der Waals surface area (Å²) < 4.78 is 6.49. The van der Waals surface area contributed by atoms with Crippen LogP contribution in [0.2, 0.25) is 0 Å². The summed E-state index contributed by atoms with van der Waals surface area (Å²) in [6.07, 6.45) is 3.31. The molecular formula is C13H17BrN2O2. The lowest BCUT2D eigenvalue weighted by Gasteiger charge is -2.35. The SMILES string of the molecule is CC1(C)CC(NC(=O)c2ccc(Br)cn2)CCO1. The van der Waals surface area contributed by atoms with Crippen molar-refractivity contribution in [1.82, 2.24) is 10.3 Å². The highest BCUT2D eigenvalue weighted by Crippen LogP contribution is 2.24. The second-order valence-electron chi connectivity index (χ2n) is 5.13. The molecule has 2 rings (SSSR count). The average Bonchev–Trinajstić information content (AvgIpc) is 2.28. The zero-order chi connectivity index (χ0) is 13.2. The van der Waals surface area contributed by atoms with Gasteiger partial charge in [0.25, 0.3) is 5.91 Å². The van der Waals surface area contributed by atoms with Crippen LogP contribution in [-0.4, -0.2) is 29.1 Å². The molecule has 0 radical (unpaired) electrons. The van der Waals surface area contributed by atoms with Crippen LogP contribution < -0.4 is 5.32 Å². The van der Waals surface area contributed by atoms with E-state index in [2.05, 4.69) is 26.2 Å². The quantitative estimate of drug-likeness (QED) is 0.913. The van der Waals surface area contributed by atoms with E-state index in [0.717, 1.165) is 17.3 Å². The molecule has 1 aromatic rings. The van der Waals surface area contributed by atoms with Gasteiger partial charge in [-0.3, -0.25) is 4.79 Å². The van der Waals surface area contributed by atoms with E-state index in [1.54, 1.807) is 12.3 Å². The fraction of sp³-hybridized carbons (Fsp3) is 0.538. The van der Waals surface area contributed by atoms with Crippen molar-refractivity contribution in [3.05, 3.63) is 28.5 Å². The molecule has 1 N–H and O–H groups in total. The summed E-state index contributed by atoms with van der Waals surface area (Å²) in [5.41, 5.74) is 0.283. The Labute approximate surface area is 115 Å². The normalized spacial score (nSPS) is 22.5. The minimum atomic E-state index is -0.163. The molecule has 1 atom stereocenters. The van der Waals surface area contributed by atoms with E-state index < -0.39 is 0 Å². The first kappa shape index (κ1) is 13.5. The summed E-state index contributed by atoms with van der Waals surface area (Å²) >= 11 is 3.30. The molecule has 1 fully saturated rings. The zero-order valence-corrected chi connectivity index (χ0v) is 12.2. The first-order valence-corrected chi connectivity index (χ1v) is 6.82. The lowest BCUT2D eigenvalue weighted by atomic mass is 9.94. The van der Waals surface area contributed by atoms with Crippen LogP contribution >= 0.6 is 15.9 Å². The van der Waals surface area contributed by atoms with E-state index in [-0.39, 0.29) is 17.6 Å². The average molecular weight is 313 g/mol. The van der Waals surface area contributed by atoms with Crippen LogP contribution in [0.4, 0.5) is 0 Å². The molecule has 1 amide bonds. The van der Waals surface area contributed by atoms with E-state index >= 15 is 0 Å². The highest BCUT2D eigenvalue weighted by molar-refractivity contribution is 9.10. The number of hydrogen-bond donors (Lipinski definition) is 1. The van der Waals surface area contributed by atoms with Crippen LogP contribution in [0.15, 0.2) is 22.8 Å². The van der Waals surface area contributed by atoms with Gasteiger partial charge in [-0.25, -0.2) is 4.98 Å². The number of aromatic nitrogens is 1. The third-order valence-electron chi connectivity index (χ3n) is 2.99. The van der Waals surface area contributed by atoms with Crippen molar-refractivity contribution in [3.63, 3.8) is 0 Å². The molecule has 1 aliphatic rings. The monoisotopic (exact) mass is 312 g/mol. The summed E-state index contributed by atoms with van der Waals surface area (Å²) in [5.74, 6) is -0.120. The van der Waals surface area contributed by atoms with Crippen LogP contribution in [-0.2, 0) is 4.74 Å². The topological polar surface area (TPSA) is 51.2 Å². The van der Waals surface area contributed by atoms with Gasteiger partial charge in [0.1, 0.15) is 5.69 Å². The Kier molecular flexibility index (Phi) is 4.02. The molecule has 5 heteroatoms. The maximum Gasteiger partial charge on any atom is 0.270 e. The maximum absolute atomic E-state index is 12.0. The van der Waals surface area contributed by atoms with Gasteiger partial charge in [0.2, 0.25) is 0 Å². The molecule has 1 aliphatic heterocycles. The summed E-state index contributed by atoms with van der Waals surface area (Å²) in [6, 6.07) is 3.69. The molecule has 0 aromatic carbocycles. The summed E-state index contributed by atoms with van der Waals surface area (Å²) in [6.45, 7) is 4.78. The number of pyridine rings is 1. The lowest BCUT2D eigenvalue weighted by molar-refractivity contribution is -0.0615. The van der Waals surface area contributed by atoms with Crippen molar-refractivity contribution in [2.75, 3.05) is 6.61 Å². The van der Waals surface area contributed by atoms with Crippen LogP contribution in [0.1, 0.15) is 37.2 Å². The Balaban J connectivity index is 1.97. The van der Waals surface area contributed by atoms with Crippen molar-refractivity contribution in [1.29, 1.82) is 0 Å². The molecule has 18 heavy (non-hydrogen) atoms. The smallest absolute Gasteiger partial charge is 0.270 e. The van der Waals surface area contributed by atoms with Gasteiger partial charge in [-0.05, 0) is 54.8 Å². The minimum absolute atomic E-state index is 0.120. The molecule has 4 nitrogen and oxygen atoms in total. The highest BCUT2D eigenvalue weighted by atomic mass is 79.9. The minimum Gasteiger partial charge on any atom is -0.375 e. The number of nitrogens with zero attached hydrogens (tertiary/aromatic N) is 1. The maximum atomic E-state index is 12.0. The number of carbonyl (C=O) groups is 1. The lowest BCUT2D eigenvalue weighted by Crippen LogP contribution is -2.45. The number of ether oxygens (including phenoxy) is 1. The van der Waals surface area contributed by atoms with E-state index in [1.807, 2.05) is 19.9 Å². The van der Waals surface area contributed by atoms with E-state index in [9.17, 15) is 4.79 Å². The van der Waals surface area contributed by atoms with Crippen LogP contribution in [0.25, 0.3) is 0 Å². The number of hydrogen-bond acceptors (Lipinski definition) is 3. The predicted molar refractivity (Wildman–Crippen MR) is 72.5 cm³/mol. The number of amides is 1. The Morgan fingerprint density at radius 2 is 2.33 bits per heavy atom. The molecule has 0 saturated carbocycles. The Morgan fingerprint density at radius 1 is 1.56 bits per heavy atom. The third kappa shape index (κ3) is 3.53. The summed E-state index contributed by atoms with van der Waals surface area (Å²) in [5, 5.41) is 3.01. The van der Waals surface area contributed by atoms with Gasteiger partial charge in [-0.15, -0.1) is 0 Å². The number of rotatable bonds is 2. The zero-order valence-electron chi connectivity index (χ0n) is 10.6. The molecular weight excluding hydrogens is 296 g/mol. The summed E-state index contributed by atoms with van der Waals surface area (Å²) in [4.78, 5) is 16.1. The first-order valence-electron chi connectivity index (χ1n) is 6.03. The van der Waals surface area contributed by atoms with Crippen LogP contribution in [0, 0.1) is 0 Å². The van der Waals surface area contributed by atoms with E-state index in [4.69, 9.17) is 4.74 Å². The number of carbonyl (C=O) groups excluding carboxylic acids is 1. The molecule has 98 valence electrons. The number of halogens is 1. The number of nitrogens with one attached hydrogen (secondary N) is 1. The molecule has 2 heterocycles. The largest absolute Gasteiger partial charge is 0.375 e. The van der Waals surface area contributed by atoms with Gasteiger partial charge in [-0.2, -0.15) is 0 Å².